The van der Waals surface area contributed by atoms with E-state index in [1.165, 1.54) is 10.5 Å². The molecule has 2 rings (SSSR count). The summed E-state index contributed by atoms with van der Waals surface area (Å²) in [5, 5.41) is 6.39. The van der Waals surface area contributed by atoms with E-state index in [0.717, 1.165) is 11.1 Å². The van der Waals surface area contributed by atoms with Gasteiger partial charge in [0.1, 0.15) is 4.90 Å². The molecular weight excluding hydrogens is 276 g/mol. The first-order valence-corrected chi connectivity index (χ1v) is 7.63. The van der Waals surface area contributed by atoms with Gasteiger partial charge in [-0.25, -0.2) is 8.42 Å². The van der Waals surface area contributed by atoms with Gasteiger partial charge in [0.05, 0.1) is 11.9 Å². The van der Waals surface area contributed by atoms with Crippen LogP contribution in [0.25, 0.3) is 0 Å². The largest absolute Gasteiger partial charge is 0.326 e. The standard InChI is InChI=1S/C13H18N4O2S/c1-10-13(8-15-16-10)20(18,19)17(2)9-12-5-3-11(7-14)4-6-12/h3-6,8H,7,9,14H2,1-2H3,(H,15,16). The number of hydrogen-bond acceptors (Lipinski definition) is 4. The van der Waals surface area contributed by atoms with Crippen molar-refractivity contribution in [3.05, 3.63) is 47.3 Å². The van der Waals surface area contributed by atoms with Crippen molar-refractivity contribution < 1.29 is 8.42 Å². The third-order valence-electron chi connectivity index (χ3n) is 3.14. The summed E-state index contributed by atoms with van der Waals surface area (Å²) >= 11 is 0. The summed E-state index contributed by atoms with van der Waals surface area (Å²) in [6.07, 6.45) is 1.33. The number of sulfonamides is 1. The first kappa shape index (κ1) is 14.7. The Labute approximate surface area is 118 Å². The van der Waals surface area contributed by atoms with Gasteiger partial charge >= 0.3 is 0 Å². The smallest absolute Gasteiger partial charge is 0.246 e. The molecule has 0 radical (unpaired) electrons. The predicted molar refractivity (Wildman–Crippen MR) is 76.3 cm³/mol. The van der Waals surface area contributed by atoms with Gasteiger partial charge in [0.2, 0.25) is 10.0 Å². The molecular formula is C13H18N4O2S. The summed E-state index contributed by atoms with van der Waals surface area (Å²) < 4.78 is 26.1. The van der Waals surface area contributed by atoms with Crippen LogP contribution in [-0.4, -0.2) is 30.0 Å². The van der Waals surface area contributed by atoms with Gasteiger partial charge in [0.25, 0.3) is 0 Å². The summed E-state index contributed by atoms with van der Waals surface area (Å²) in [5.41, 5.74) is 8.00. The summed E-state index contributed by atoms with van der Waals surface area (Å²) in [7, 11) is -1.97. The number of aryl methyl sites for hydroxylation is 1. The van der Waals surface area contributed by atoms with Gasteiger partial charge in [0, 0.05) is 20.1 Å². The summed E-state index contributed by atoms with van der Waals surface area (Å²) in [6, 6.07) is 7.57. The Morgan fingerprint density at radius 2 is 1.85 bits per heavy atom. The fourth-order valence-electron chi connectivity index (χ4n) is 1.89. The van der Waals surface area contributed by atoms with E-state index in [1.807, 2.05) is 24.3 Å². The molecule has 0 atom stereocenters. The average molecular weight is 294 g/mol. The van der Waals surface area contributed by atoms with E-state index in [4.69, 9.17) is 5.73 Å². The van der Waals surface area contributed by atoms with Gasteiger partial charge in [-0.1, -0.05) is 24.3 Å². The summed E-state index contributed by atoms with van der Waals surface area (Å²) in [5.74, 6) is 0. The highest BCUT2D eigenvalue weighted by Crippen LogP contribution is 2.18. The molecule has 0 amide bonds. The lowest BCUT2D eigenvalue weighted by Crippen LogP contribution is -2.26. The van der Waals surface area contributed by atoms with Crippen molar-refractivity contribution in [3.8, 4) is 0 Å². The van der Waals surface area contributed by atoms with Crippen LogP contribution in [0.15, 0.2) is 35.4 Å². The van der Waals surface area contributed by atoms with Crippen LogP contribution in [0.4, 0.5) is 0 Å². The van der Waals surface area contributed by atoms with Crippen molar-refractivity contribution in [1.82, 2.24) is 14.5 Å². The lowest BCUT2D eigenvalue weighted by molar-refractivity contribution is 0.466. The number of nitrogens with zero attached hydrogens (tertiary/aromatic N) is 2. The van der Waals surface area contributed by atoms with Gasteiger partial charge in [0.15, 0.2) is 0 Å². The fourth-order valence-corrected chi connectivity index (χ4v) is 3.16. The molecule has 1 heterocycles. The number of benzene rings is 1. The average Bonchev–Trinajstić information content (AvgIpc) is 2.86. The van der Waals surface area contributed by atoms with E-state index in [-0.39, 0.29) is 4.90 Å². The minimum Gasteiger partial charge on any atom is -0.326 e. The van der Waals surface area contributed by atoms with E-state index in [0.29, 0.717) is 18.8 Å². The third-order valence-corrected chi connectivity index (χ3v) is 5.05. The van der Waals surface area contributed by atoms with Gasteiger partial charge in [-0.2, -0.15) is 9.40 Å². The Kier molecular flexibility index (Phi) is 4.22. The zero-order valence-corrected chi connectivity index (χ0v) is 12.3. The molecule has 3 N–H and O–H groups in total. The maximum absolute atomic E-state index is 12.4. The minimum absolute atomic E-state index is 0.207. The number of nitrogens with two attached hydrogens (primary N) is 1. The third kappa shape index (κ3) is 2.90. The van der Waals surface area contributed by atoms with Gasteiger partial charge in [-0.15, -0.1) is 0 Å². The molecule has 0 unspecified atom stereocenters. The molecule has 1 aromatic carbocycles. The normalized spacial score (nSPS) is 12.0. The minimum atomic E-state index is -3.53. The quantitative estimate of drug-likeness (QED) is 0.860. The highest BCUT2D eigenvalue weighted by molar-refractivity contribution is 7.89. The maximum Gasteiger partial charge on any atom is 0.246 e. The molecule has 1 aromatic heterocycles. The van der Waals surface area contributed by atoms with E-state index >= 15 is 0 Å². The fraction of sp³-hybridized carbons (Fsp3) is 0.308. The lowest BCUT2D eigenvalue weighted by atomic mass is 10.1. The Hall–Kier alpha value is -1.70. The van der Waals surface area contributed by atoms with E-state index in [9.17, 15) is 8.42 Å². The van der Waals surface area contributed by atoms with Crippen LogP contribution in [0.3, 0.4) is 0 Å². The number of aromatic nitrogens is 2. The monoisotopic (exact) mass is 294 g/mol. The van der Waals surface area contributed by atoms with Crippen LogP contribution >= 0.6 is 0 Å². The number of H-pyrrole nitrogens is 1. The van der Waals surface area contributed by atoms with Crippen molar-refractivity contribution in [2.45, 2.75) is 24.9 Å². The van der Waals surface area contributed by atoms with E-state index in [2.05, 4.69) is 10.2 Å². The molecule has 0 saturated carbocycles. The highest BCUT2D eigenvalue weighted by Gasteiger charge is 2.24. The van der Waals surface area contributed by atoms with Crippen molar-refractivity contribution >= 4 is 10.0 Å². The van der Waals surface area contributed by atoms with Crippen LogP contribution < -0.4 is 5.73 Å². The number of rotatable bonds is 5. The van der Waals surface area contributed by atoms with Crippen molar-refractivity contribution in [3.63, 3.8) is 0 Å². The van der Waals surface area contributed by atoms with E-state index in [1.54, 1.807) is 14.0 Å². The molecule has 0 aliphatic heterocycles. The van der Waals surface area contributed by atoms with Gasteiger partial charge in [-0.3, -0.25) is 5.10 Å². The van der Waals surface area contributed by atoms with E-state index < -0.39 is 10.0 Å². The molecule has 2 aromatic rings. The Balaban J connectivity index is 2.19. The van der Waals surface area contributed by atoms with Crippen LogP contribution in [0, 0.1) is 6.92 Å². The molecule has 0 aliphatic rings. The molecule has 6 nitrogen and oxygen atoms in total. The first-order chi connectivity index (χ1) is 9.45. The van der Waals surface area contributed by atoms with Crippen molar-refractivity contribution in [1.29, 1.82) is 0 Å². The Morgan fingerprint density at radius 1 is 1.25 bits per heavy atom. The van der Waals surface area contributed by atoms with Crippen LogP contribution in [0.5, 0.6) is 0 Å². The zero-order valence-electron chi connectivity index (χ0n) is 11.5. The predicted octanol–water partition coefficient (Wildman–Crippen LogP) is 0.998. The molecule has 20 heavy (non-hydrogen) atoms. The second-order valence-electron chi connectivity index (χ2n) is 4.64. The van der Waals surface area contributed by atoms with Crippen LogP contribution in [0.2, 0.25) is 0 Å². The molecule has 0 aliphatic carbocycles. The second-order valence-corrected chi connectivity index (χ2v) is 6.65. The van der Waals surface area contributed by atoms with Crippen molar-refractivity contribution in [2.24, 2.45) is 5.73 Å². The second kappa shape index (κ2) is 5.74. The SMILES string of the molecule is Cc1[nH]ncc1S(=O)(=O)N(C)Cc1ccc(CN)cc1. The van der Waals surface area contributed by atoms with Gasteiger partial charge < -0.3 is 5.73 Å². The molecule has 108 valence electrons. The zero-order chi connectivity index (χ0) is 14.8. The van der Waals surface area contributed by atoms with Gasteiger partial charge in [-0.05, 0) is 18.1 Å². The van der Waals surface area contributed by atoms with Crippen LogP contribution in [0.1, 0.15) is 16.8 Å². The lowest BCUT2D eigenvalue weighted by Gasteiger charge is -2.16. The maximum atomic E-state index is 12.4. The molecule has 0 spiro atoms. The van der Waals surface area contributed by atoms with Crippen LogP contribution in [-0.2, 0) is 23.1 Å². The molecule has 0 saturated heterocycles. The topological polar surface area (TPSA) is 92.1 Å². The van der Waals surface area contributed by atoms with Crippen molar-refractivity contribution in [2.75, 3.05) is 7.05 Å². The highest BCUT2D eigenvalue weighted by atomic mass is 32.2. The number of hydrogen-bond donors (Lipinski definition) is 2. The summed E-state index contributed by atoms with van der Waals surface area (Å²) in [4.78, 5) is 0.207. The molecule has 0 bridgehead atoms. The Morgan fingerprint density at radius 3 is 2.35 bits per heavy atom. The molecule has 0 fully saturated rings. The first-order valence-electron chi connectivity index (χ1n) is 6.19. The number of aromatic amines is 1. The molecule has 7 heteroatoms. The summed E-state index contributed by atoms with van der Waals surface area (Å²) in [6.45, 7) is 2.46. The Bertz CT molecular complexity index is 677. The number of nitrogens with one attached hydrogen (secondary N) is 1.